The monoisotopic (exact) mass is 358 g/mol. The Bertz CT molecular complexity index is 564. The van der Waals surface area contributed by atoms with Crippen molar-refractivity contribution in [3.05, 3.63) is 29.8 Å². The van der Waals surface area contributed by atoms with Gasteiger partial charge in [-0.1, -0.05) is 52.2 Å². The molecule has 0 unspecified atom stereocenters. The minimum Gasteiger partial charge on any atom is -0.491 e. The number of hydrogen-bond donors (Lipinski definition) is 1. The standard InChI is InChI=1S/C18H30O5S/c1-4-5-6-11-18(2,3)16-7-9-17(10-8-16)23-13-12-22-14-15-24(19,20)21/h7-10H,4-6,11-15H2,1-3H3,(H,19,20,21). The summed E-state index contributed by atoms with van der Waals surface area (Å²) in [6, 6.07) is 8.10. The molecule has 1 aromatic rings. The highest BCUT2D eigenvalue weighted by molar-refractivity contribution is 7.85. The highest BCUT2D eigenvalue weighted by Gasteiger charge is 2.19. The summed E-state index contributed by atoms with van der Waals surface area (Å²) < 4.78 is 40.3. The molecule has 0 aliphatic carbocycles. The second-order valence-corrected chi connectivity index (χ2v) is 8.18. The maximum Gasteiger partial charge on any atom is 0.267 e. The molecule has 5 nitrogen and oxygen atoms in total. The SMILES string of the molecule is CCCCCC(C)(C)c1ccc(OCCOCCS(=O)(=O)O)cc1. The van der Waals surface area contributed by atoms with E-state index in [1.807, 2.05) is 12.1 Å². The van der Waals surface area contributed by atoms with Crippen LogP contribution in [0.25, 0.3) is 0 Å². The molecule has 1 rings (SSSR count). The van der Waals surface area contributed by atoms with Crippen molar-refractivity contribution in [1.82, 2.24) is 0 Å². The Labute approximate surface area is 146 Å². The first-order chi connectivity index (χ1) is 11.2. The molecular formula is C18H30O5S. The first-order valence-electron chi connectivity index (χ1n) is 8.51. The molecule has 0 aliphatic rings. The topological polar surface area (TPSA) is 72.8 Å². The van der Waals surface area contributed by atoms with E-state index >= 15 is 0 Å². The van der Waals surface area contributed by atoms with Crippen molar-refractivity contribution in [1.29, 1.82) is 0 Å². The van der Waals surface area contributed by atoms with Gasteiger partial charge < -0.3 is 9.47 Å². The molecule has 0 aliphatic heterocycles. The summed E-state index contributed by atoms with van der Waals surface area (Å²) in [6.07, 6.45) is 4.91. The van der Waals surface area contributed by atoms with Crippen LogP contribution in [0.2, 0.25) is 0 Å². The van der Waals surface area contributed by atoms with Crippen molar-refractivity contribution in [2.45, 2.75) is 51.9 Å². The number of hydrogen-bond acceptors (Lipinski definition) is 4. The maximum absolute atomic E-state index is 10.5. The van der Waals surface area contributed by atoms with Crippen molar-refractivity contribution in [3.8, 4) is 5.75 Å². The summed E-state index contributed by atoms with van der Waals surface area (Å²) in [5.74, 6) is 0.371. The molecule has 0 bridgehead atoms. The molecular weight excluding hydrogens is 328 g/mol. The zero-order valence-electron chi connectivity index (χ0n) is 15.0. The van der Waals surface area contributed by atoms with E-state index in [1.54, 1.807) is 0 Å². The smallest absolute Gasteiger partial charge is 0.267 e. The quantitative estimate of drug-likeness (QED) is 0.454. The van der Waals surface area contributed by atoms with Crippen LogP contribution >= 0.6 is 0 Å². The third kappa shape index (κ3) is 8.66. The van der Waals surface area contributed by atoms with E-state index in [0.29, 0.717) is 6.61 Å². The Morgan fingerprint density at radius 1 is 1.04 bits per heavy atom. The average Bonchev–Trinajstić information content (AvgIpc) is 2.50. The lowest BCUT2D eigenvalue weighted by Gasteiger charge is -2.25. The van der Waals surface area contributed by atoms with Gasteiger partial charge in [-0.2, -0.15) is 8.42 Å². The highest BCUT2D eigenvalue weighted by Crippen LogP contribution is 2.30. The molecule has 0 radical (unpaired) electrons. The van der Waals surface area contributed by atoms with E-state index in [0.717, 1.165) is 5.75 Å². The Morgan fingerprint density at radius 2 is 1.71 bits per heavy atom. The molecule has 0 aromatic heterocycles. The van der Waals surface area contributed by atoms with Crippen LogP contribution < -0.4 is 4.74 Å². The molecule has 138 valence electrons. The third-order valence-corrected chi connectivity index (χ3v) is 4.71. The van der Waals surface area contributed by atoms with E-state index in [4.69, 9.17) is 14.0 Å². The van der Waals surface area contributed by atoms with E-state index in [1.165, 1.54) is 31.2 Å². The van der Waals surface area contributed by atoms with E-state index in [-0.39, 0.29) is 18.6 Å². The predicted molar refractivity (Wildman–Crippen MR) is 96.3 cm³/mol. The highest BCUT2D eigenvalue weighted by atomic mass is 32.2. The molecule has 24 heavy (non-hydrogen) atoms. The lowest BCUT2D eigenvalue weighted by molar-refractivity contribution is 0.110. The lowest BCUT2D eigenvalue weighted by Crippen LogP contribution is -2.17. The summed E-state index contributed by atoms with van der Waals surface area (Å²) in [5.41, 5.74) is 1.46. The van der Waals surface area contributed by atoms with Gasteiger partial charge in [0.2, 0.25) is 0 Å². The fraction of sp³-hybridized carbons (Fsp3) is 0.667. The number of unbranched alkanes of at least 4 members (excludes halogenated alkanes) is 2. The van der Waals surface area contributed by atoms with Gasteiger partial charge in [0.25, 0.3) is 10.1 Å². The van der Waals surface area contributed by atoms with Gasteiger partial charge in [0.1, 0.15) is 12.4 Å². The van der Waals surface area contributed by atoms with Crippen LogP contribution in [0, 0.1) is 0 Å². The van der Waals surface area contributed by atoms with Gasteiger partial charge in [-0.25, -0.2) is 0 Å². The van der Waals surface area contributed by atoms with Gasteiger partial charge in [0, 0.05) is 0 Å². The maximum atomic E-state index is 10.5. The molecule has 0 saturated heterocycles. The summed E-state index contributed by atoms with van der Waals surface area (Å²) in [5, 5.41) is 0. The largest absolute Gasteiger partial charge is 0.491 e. The second kappa shape index (κ2) is 10.0. The fourth-order valence-corrected chi connectivity index (χ4v) is 2.78. The zero-order chi connectivity index (χ0) is 18.1. The van der Waals surface area contributed by atoms with E-state index in [9.17, 15) is 8.42 Å². The van der Waals surface area contributed by atoms with Gasteiger partial charge in [0.15, 0.2) is 0 Å². The first-order valence-corrected chi connectivity index (χ1v) is 10.1. The molecule has 0 atom stereocenters. The Balaban J connectivity index is 2.34. The van der Waals surface area contributed by atoms with Gasteiger partial charge in [-0.05, 0) is 29.5 Å². The summed E-state index contributed by atoms with van der Waals surface area (Å²) >= 11 is 0. The number of rotatable bonds is 12. The molecule has 1 aromatic carbocycles. The molecule has 0 heterocycles. The van der Waals surface area contributed by atoms with Crippen molar-refractivity contribution in [3.63, 3.8) is 0 Å². The first kappa shape index (κ1) is 20.9. The van der Waals surface area contributed by atoms with E-state index < -0.39 is 15.9 Å². The van der Waals surface area contributed by atoms with Gasteiger partial charge >= 0.3 is 0 Å². The lowest BCUT2D eigenvalue weighted by atomic mass is 9.80. The third-order valence-electron chi connectivity index (χ3n) is 4.02. The summed E-state index contributed by atoms with van der Waals surface area (Å²) in [4.78, 5) is 0. The molecule has 6 heteroatoms. The van der Waals surface area contributed by atoms with Crippen molar-refractivity contribution in [2.75, 3.05) is 25.6 Å². The fourth-order valence-electron chi connectivity index (χ4n) is 2.45. The Hall–Kier alpha value is -1.11. The van der Waals surface area contributed by atoms with Crippen LogP contribution in [0.15, 0.2) is 24.3 Å². The minimum absolute atomic E-state index is 0.0346. The van der Waals surface area contributed by atoms with Gasteiger partial charge in [-0.3, -0.25) is 4.55 Å². The second-order valence-electron chi connectivity index (χ2n) is 6.61. The van der Waals surface area contributed by atoms with Crippen LogP contribution in [0.1, 0.15) is 52.0 Å². The molecule has 0 spiro atoms. The van der Waals surface area contributed by atoms with E-state index in [2.05, 4.69) is 32.9 Å². The van der Waals surface area contributed by atoms with Gasteiger partial charge in [0.05, 0.1) is 19.0 Å². The van der Waals surface area contributed by atoms with Crippen molar-refractivity contribution < 1.29 is 22.4 Å². The average molecular weight is 358 g/mol. The van der Waals surface area contributed by atoms with Crippen LogP contribution in [0.3, 0.4) is 0 Å². The van der Waals surface area contributed by atoms with Crippen LogP contribution in [-0.2, 0) is 20.3 Å². The minimum atomic E-state index is -3.96. The van der Waals surface area contributed by atoms with Crippen molar-refractivity contribution in [2.24, 2.45) is 0 Å². The normalized spacial score (nSPS) is 12.3. The van der Waals surface area contributed by atoms with Gasteiger partial charge in [-0.15, -0.1) is 0 Å². The molecule has 1 N–H and O–H groups in total. The molecule has 0 amide bonds. The number of benzene rings is 1. The molecule has 0 fully saturated rings. The summed E-state index contributed by atoms with van der Waals surface area (Å²) in [7, 11) is -3.96. The predicted octanol–water partition coefficient (Wildman–Crippen LogP) is 3.83. The number of ether oxygens (including phenoxy) is 2. The Kier molecular flexibility index (Phi) is 8.73. The van der Waals surface area contributed by atoms with Crippen LogP contribution in [0.4, 0.5) is 0 Å². The summed E-state index contributed by atoms with van der Waals surface area (Å²) in [6.45, 7) is 7.33. The zero-order valence-corrected chi connectivity index (χ0v) is 15.8. The van der Waals surface area contributed by atoms with Crippen LogP contribution in [0.5, 0.6) is 5.75 Å². The molecule has 0 saturated carbocycles. The van der Waals surface area contributed by atoms with Crippen LogP contribution in [-0.4, -0.2) is 38.5 Å². The Morgan fingerprint density at radius 3 is 2.29 bits per heavy atom. The van der Waals surface area contributed by atoms with Crippen molar-refractivity contribution >= 4 is 10.1 Å².